The molecular weight excluding hydrogens is 621 g/mol. The van der Waals surface area contributed by atoms with Crippen molar-refractivity contribution in [2.75, 3.05) is 0 Å². The van der Waals surface area contributed by atoms with Crippen molar-refractivity contribution in [2.45, 2.75) is 19.3 Å². The van der Waals surface area contributed by atoms with Gasteiger partial charge in [-0.3, -0.25) is 4.57 Å². The van der Waals surface area contributed by atoms with E-state index in [1.807, 2.05) is 0 Å². The average molecular weight is 653 g/mol. The van der Waals surface area contributed by atoms with E-state index in [0.29, 0.717) is 5.95 Å². The zero-order valence-electron chi connectivity index (χ0n) is 28.3. The van der Waals surface area contributed by atoms with Crippen molar-refractivity contribution in [1.82, 2.24) is 19.1 Å². The van der Waals surface area contributed by atoms with Gasteiger partial charge in [0.2, 0.25) is 5.95 Å². The number of aromatic nitrogens is 4. The van der Waals surface area contributed by atoms with Gasteiger partial charge >= 0.3 is 0 Å². The first-order chi connectivity index (χ1) is 25.1. The van der Waals surface area contributed by atoms with Gasteiger partial charge in [-0.25, -0.2) is 9.97 Å². The van der Waals surface area contributed by atoms with E-state index in [2.05, 4.69) is 181 Å². The summed E-state index contributed by atoms with van der Waals surface area (Å²) >= 11 is 0. The van der Waals surface area contributed by atoms with Crippen molar-refractivity contribution < 1.29 is 0 Å². The van der Waals surface area contributed by atoms with E-state index in [1.54, 1.807) is 0 Å². The first-order valence-electron chi connectivity index (χ1n) is 17.6. The summed E-state index contributed by atoms with van der Waals surface area (Å²) in [6.07, 6.45) is 0. The molecule has 1 aliphatic carbocycles. The van der Waals surface area contributed by atoms with Crippen LogP contribution in [-0.4, -0.2) is 19.1 Å². The molecule has 0 bridgehead atoms. The minimum Gasteiger partial charge on any atom is -0.309 e. The number of benzene rings is 7. The normalized spacial score (nSPS) is 13.5. The minimum atomic E-state index is -0.176. The fourth-order valence-electron chi connectivity index (χ4n) is 8.93. The van der Waals surface area contributed by atoms with Crippen LogP contribution in [0.25, 0.3) is 88.5 Å². The predicted molar refractivity (Wildman–Crippen MR) is 211 cm³/mol. The molecule has 4 heteroatoms. The zero-order chi connectivity index (χ0) is 33.8. The number of nitrogens with zero attached hydrogens (tertiary/aromatic N) is 4. The summed E-state index contributed by atoms with van der Waals surface area (Å²) in [5, 5.41) is 5.90. The Kier molecular flexibility index (Phi) is 5.70. The molecule has 0 N–H and O–H groups in total. The molecule has 0 radical (unpaired) electrons. The van der Waals surface area contributed by atoms with Gasteiger partial charge in [0.1, 0.15) is 0 Å². The summed E-state index contributed by atoms with van der Waals surface area (Å²) in [6.45, 7) is 4.68. The molecule has 0 atom stereocenters. The maximum Gasteiger partial charge on any atom is 0.235 e. The number of rotatable bonds is 3. The highest BCUT2D eigenvalue weighted by Crippen LogP contribution is 2.52. The molecule has 11 rings (SSSR count). The van der Waals surface area contributed by atoms with E-state index in [0.717, 1.165) is 38.9 Å². The molecule has 0 saturated carbocycles. The summed E-state index contributed by atoms with van der Waals surface area (Å²) in [5.41, 5.74) is 13.8. The van der Waals surface area contributed by atoms with Gasteiger partial charge in [-0.1, -0.05) is 129 Å². The van der Waals surface area contributed by atoms with Crippen molar-refractivity contribution in [1.29, 1.82) is 0 Å². The van der Waals surface area contributed by atoms with Gasteiger partial charge < -0.3 is 4.57 Å². The standard InChI is InChI=1S/C47H32N4/c1-47(2)38-21-8-3-14-30(38)34-19-13-20-36(44(34)47)45-35-18-4-9-22-39(35)48-46(49-45)51-42-25-12-7-17-33(42)37-28-29(26-27-43(37)51)50-40-23-10-5-15-31(40)32-16-6-11-24-41(32)50/h3-28H,1-2H3. The molecule has 4 nitrogen and oxygen atoms in total. The summed E-state index contributed by atoms with van der Waals surface area (Å²) in [5.74, 6) is 0.672. The van der Waals surface area contributed by atoms with Crippen molar-refractivity contribution in [3.8, 4) is 34.0 Å². The van der Waals surface area contributed by atoms with Crippen LogP contribution < -0.4 is 0 Å². The van der Waals surface area contributed by atoms with Gasteiger partial charge in [-0.2, -0.15) is 0 Å². The lowest BCUT2D eigenvalue weighted by atomic mass is 9.79. The average Bonchev–Trinajstić information content (AvgIpc) is 3.78. The molecular formula is C47H32N4. The third kappa shape index (κ3) is 3.85. The number of hydrogen-bond donors (Lipinski definition) is 0. The molecule has 0 spiro atoms. The molecule has 0 fully saturated rings. The molecule has 10 aromatic rings. The van der Waals surface area contributed by atoms with Crippen molar-refractivity contribution in [3.63, 3.8) is 0 Å². The van der Waals surface area contributed by atoms with Crippen LogP contribution in [0, 0.1) is 0 Å². The van der Waals surface area contributed by atoms with Crippen LogP contribution in [0.1, 0.15) is 25.0 Å². The van der Waals surface area contributed by atoms with Crippen LogP contribution in [-0.2, 0) is 5.41 Å². The second kappa shape index (κ2) is 10.3. The Hall–Kier alpha value is -6.52. The molecule has 7 aromatic carbocycles. The smallest absolute Gasteiger partial charge is 0.235 e. The molecule has 240 valence electrons. The quantitative estimate of drug-likeness (QED) is 0.190. The van der Waals surface area contributed by atoms with Crippen molar-refractivity contribution in [3.05, 3.63) is 169 Å². The third-order valence-electron chi connectivity index (χ3n) is 11.1. The second-order valence-corrected chi connectivity index (χ2v) is 14.2. The molecule has 51 heavy (non-hydrogen) atoms. The molecule has 3 heterocycles. The highest BCUT2D eigenvalue weighted by atomic mass is 15.2. The number of fused-ring (bicyclic) bond motifs is 10. The van der Waals surface area contributed by atoms with Crippen LogP contribution in [0.3, 0.4) is 0 Å². The molecule has 0 unspecified atom stereocenters. The fourth-order valence-corrected chi connectivity index (χ4v) is 8.93. The van der Waals surface area contributed by atoms with E-state index in [-0.39, 0.29) is 5.41 Å². The fraction of sp³-hybridized carbons (Fsp3) is 0.0638. The van der Waals surface area contributed by atoms with Gasteiger partial charge in [0.05, 0.1) is 33.3 Å². The Bertz CT molecular complexity index is 3010. The van der Waals surface area contributed by atoms with E-state index in [1.165, 1.54) is 54.8 Å². The largest absolute Gasteiger partial charge is 0.309 e. The van der Waals surface area contributed by atoms with E-state index < -0.39 is 0 Å². The van der Waals surface area contributed by atoms with Gasteiger partial charge in [0, 0.05) is 43.6 Å². The topological polar surface area (TPSA) is 35.6 Å². The lowest BCUT2D eigenvalue weighted by Crippen LogP contribution is -2.16. The van der Waals surface area contributed by atoms with Crippen LogP contribution >= 0.6 is 0 Å². The molecule has 0 amide bonds. The highest BCUT2D eigenvalue weighted by molar-refractivity contribution is 6.12. The zero-order valence-corrected chi connectivity index (χ0v) is 28.3. The molecule has 3 aromatic heterocycles. The first kappa shape index (κ1) is 28.3. The minimum absolute atomic E-state index is 0.176. The maximum absolute atomic E-state index is 5.52. The Balaban J connectivity index is 1.18. The Morgan fingerprint density at radius 2 is 0.980 bits per heavy atom. The summed E-state index contributed by atoms with van der Waals surface area (Å²) in [4.78, 5) is 10.8. The van der Waals surface area contributed by atoms with Crippen LogP contribution in [0.5, 0.6) is 0 Å². The SMILES string of the molecule is CC1(C)c2ccccc2-c2cccc(-c3nc(-n4c5ccccc5c5cc(-n6c7ccccc7c7ccccc76)ccc54)nc4ccccc34)c21. The van der Waals surface area contributed by atoms with Crippen LogP contribution in [0.2, 0.25) is 0 Å². The first-order valence-corrected chi connectivity index (χ1v) is 17.6. The Morgan fingerprint density at radius 3 is 1.73 bits per heavy atom. The maximum atomic E-state index is 5.52. The predicted octanol–water partition coefficient (Wildman–Crippen LogP) is 11.8. The van der Waals surface area contributed by atoms with Crippen molar-refractivity contribution in [2.24, 2.45) is 0 Å². The van der Waals surface area contributed by atoms with E-state index >= 15 is 0 Å². The van der Waals surface area contributed by atoms with E-state index in [9.17, 15) is 0 Å². The van der Waals surface area contributed by atoms with Gasteiger partial charge in [-0.05, 0) is 64.7 Å². The van der Waals surface area contributed by atoms with Gasteiger partial charge in [0.25, 0.3) is 0 Å². The lowest BCUT2D eigenvalue weighted by molar-refractivity contribution is 0.662. The third-order valence-corrected chi connectivity index (χ3v) is 11.1. The lowest BCUT2D eigenvalue weighted by Gasteiger charge is -2.24. The van der Waals surface area contributed by atoms with Crippen LogP contribution in [0.4, 0.5) is 0 Å². The Labute approximate surface area is 294 Å². The molecule has 0 saturated heterocycles. The second-order valence-electron chi connectivity index (χ2n) is 14.2. The summed E-state index contributed by atoms with van der Waals surface area (Å²) < 4.78 is 4.63. The van der Waals surface area contributed by atoms with Crippen LogP contribution in [0.15, 0.2) is 158 Å². The van der Waals surface area contributed by atoms with E-state index in [4.69, 9.17) is 9.97 Å². The number of para-hydroxylation sites is 4. The summed E-state index contributed by atoms with van der Waals surface area (Å²) in [6, 6.07) is 56.8. The monoisotopic (exact) mass is 652 g/mol. The molecule has 0 aliphatic heterocycles. The molecule has 1 aliphatic rings. The highest BCUT2D eigenvalue weighted by Gasteiger charge is 2.38. The van der Waals surface area contributed by atoms with Gasteiger partial charge in [-0.15, -0.1) is 0 Å². The van der Waals surface area contributed by atoms with Gasteiger partial charge in [0.15, 0.2) is 0 Å². The number of hydrogen-bond acceptors (Lipinski definition) is 2. The van der Waals surface area contributed by atoms with Crippen molar-refractivity contribution >= 4 is 54.5 Å². The summed E-state index contributed by atoms with van der Waals surface area (Å²) in [7, 11) is 0. The Morgan fingerprint density at radius 1 is 0.431 bits per heavy atom.